The van der Waals surface area contributed by atoms with Crippen molar-refractivity contribution in [3.63, 3.8) is 0 Å². The molecular formula is C27H30N2O6S2. The molecule has 0 unspecified atom stereocenters. The molecule has 1 aliphatic carbocycles. The van der Waals surface area contributed by atoms with Gasteiger partial charge in [-0.25, -0.2) is 9.78 Å². The molecule has 0 spiro atoms. The number of fused-ring (bicyclic) bond motifs is 1. The molecule has 1 heterocycles. The summed E-state index contributed by atoms with van der Waals surface area (Å²) in [6.45, 7) is 4.41. The van der Waals surface area contributed by atoms with Gasteiger partial charge in [-0.1, -0.05) is 30.7 Å². The molecule has 1 fully saturated rings. The Balaban J connectivity index is 1.61. The summed E-state index contributed by atoms with van der Waals surface area (Å²) in [6.07, 6.45) is 4.68. The van der Waals surface area contributed by atoms with Gasteiger partial charge >= 0.3 is 5.97 Å². The number of nitrogens with zero attached hydrogens (tertiary/aromatic N) is 2. The van der Waals surface area contributed by atoms with E-state index >= 15 is 0 Å². The van der Waals surface area contributed by atoms with Crippen LogP contribution in [0, 0.1) is 11.3 Å². The number of thiazole rings is 1. The second-order valence-corrected chi connectivity index (χ2v) is 11.0. The van der Waals surface area contributed by atoms with Gasteiger partial charge < -0.3 is 24.4 Å². The summed E-state index contributed by atoms with van der Waals surface area (Å²) in [5.74, 6) is -0.278. The highest BCUT2D eigenvalue weighted by atomic mass is 32.2. The van der Waals surface area contributed by atoms with Gasteiger partial charge in [0, 0.05) is 6.42 Å². The van der Waals surface area contributed by atoms with Crippen LogP contribution >= 0.6 is 23.1 Å². The summed E-state index contributed by atoms with van der Waals surface area (Å²) < 4.78 is 18.6. The Morgan fingerprint density at radius 1 is 1.22 bits per heavy atom. The largest absolute Gasteiger partial charge is 0.492 e. The number of aliphatic hydroxyl groups excluding tert-OH is 1. The molecule has 2 N–H and O–H groups in total. The minimum Gasteiger partial charge on any atom is -0.492 e. The fraction of sp³-hybridized carbons (Fsp3) is 0.444. The Kier molecular flexibility index (Phi) is 9.27. The maximum absolute atomic E-state index is 11.6. The Bertz CT molecular complexity index is 1250. The lowest BCUT2D eigenvalue weighted by Crippen LogP contribution is -2.20. The van der Waals surface area contributed by atoms with Gasteiger partial charge in [0.05, 0.1) is 40.1 Å². The predicted octanol–water partition coefficient (Wildman–Crippen LogP) is 5.92. The first-order valence-electron chi connectivity index (χ1n) is 12.4. The van der Waals surface area contributed by atoms with Crippen molar-refractivity contribution in [2.45, 2.75) is 62.9 Å². The van der Waals surface area contributed by atoms with Crippen LogP contribution in [0.5, 0.6) is 11.5 Å². The molecule has 0 amide bonds. The molecule has 3 aromatic rings. The number of rotatable bonds is 12. The molecule has 0 aliphatic heterocycles. The van der Waals surface area contributed by atoms with E-state index in [-0.39, 0.29) is 11.7 Å². The lowest BCUT2D eigenvalue weighted by atomic mass is 10.1. The van der Waals surface area contributed by atoms with E-state index in [1.165, 1.54) is 23.1 Å². The van der Waals surface area contributed by atoms with Crippen molar-refractivity contribution in [3.05, 3.63) is 52.0 Å². The maximum atomic E-state index is 11.6. The average Bonchev–Trinajstić information content (AvgIpc) is 3.53. The summed E-state index contributed by atoms with van der Waals surface area (Å²) in [7, 11) is 0. The van der Waals surface area contributed by atoms with Crippen molar-refractivity contribution >= 4 is 39.3 Å². The van der Waals surface area contributed by atoms with Crippen LogP contribution in [0.3, 0.4) is 0 Å². The van der Waals surface area contributed by atoms with Gasteiger partial charge in [-0.3, -0.25) is 0 Å². The highest BCUT2D eigenvalue weighted by Crippen LogP contribution is 2.40. The topological polar surface area (TPSA) is 122 Å². The second-order valence-electron chi connectivity index (χ2n) is 8.60. The van der Waals surface area contributed by atoms with Gasteiger partial charge in [-0.2, -0.15) is 5.26 Å². The van der Waals surface area contributed by atoms with Gasteiger partial charge in [0.2, 0.25) is 0 Å². The van der Waals surface area contributed by atoms with E-state index in [1.807, 2.05) is 19.9 Å². The molecule has 1 aromatic heterocycles. The van der Waals surface area contributed by atoms with E-state index in [1.54, 1.807) is 24.3 Å². The van der Waals surface area contributed by atoms with Crippen LogP contribution in [0.25, 0.3) is 10.2 Å². The Labute approximate surface area is 224 Å². The molecule has 8 nitrogen and oxygen atoms in total. The molecule has 196 valence electrons. The minimum atomic E-state index is -1.01. The van der Waals surface area contributed by atoms with E-state index in [9.17, 15) is 20.3 Å². The fourth-order valence-electron chi connectivity index (χ4n) is 4.39. The number of carboxylic acids is 1. The molecule has 37 heavy (non-hydrogen) atoms. The lowest BCUT2D eigenvalue weighted by Gasteiger charge is -2.24. The number of carbonyl (C=O) groups is 1. The van der Waals surface area contributed by atoms with E-state index in [0.29, 0.717) is 47.8 Å². The molecule has 2 atom stereocenters. The zero-order valence-corrected chi connectivity index (χ0v) is 22.4. The number of para-hydroxylation sites is 1. The van der Waals surface area contributed by atoms with Gasteiger partial charge in [0.15, 0.2) is 0 Å². The predicted molar refractivity (Wildman–Crippen MR) is 143 cm³/mol. The van der Waals surface area contributed by atoms with Gasteiger partial charge in [-0.05, 0) is 56.5 Å². The summed E-state index contributed by atoms with van der Waals surface area (Å²) in [6, 6.07) is 10.6. The maximum Gasteiger partial charge on any atom is 0.337 e. The minimum absolute atomic E-state index is 0.104. The fourth-order valence-corrected chi connectivity index (χ4v) is 6.57. The van der Waals surface area contributed by atoms with Crippen molar-refractivity contribution in [3.8, 4) is 17.6 Å². The first-order valence-corrected chi connectivity index (χ1v) is 14.1. The first-order chi connectivity index (χ1) is 17.9. The number of nitriles is 1. The van der Waals surface area contributed by atoms with Gasteiger partial charge in [0.25, 0.3) is 0 Å². The Hall–Kier alpha value is -2.84. The molecule has 1 saturated carbocycles. The highest BCUT2D eigenvalue weighted by molar-refractivity contribution is 7.99. The molecule has 0 bridgehead atoms. The van der Waals surface area contributed by atoms with Gasteiger partial charge in [0.1, 0.15) is 34.0 Å². The third kappa shape index (κ3) is 6.54. The van der Waals surface area contributed by atoms with Crippen LogP contribution in [0.15, 0.2) is 30.3 Å². The smallest absolute Gasteiger partial charge is 0.337 e. The quantitative estimate of drug-likeness (QED) is 0.269. The van der Waals surface area contributed by atoms with E-state index in [4.69, 9.17) is 14.2 Å². The number of hydrogen-bond acceptors (Lipinski definition) is 9. The van der Waals surface area contributed by atoms with Crippen LogP contribution in [-0.4, -0.2) is 45.9 Å². The van der Waals surface area contributed by atoms with Crippen LogP contribution < -0.4 is 9.47 Å². The van der Waals surface area contributed by atoms with E-state index in [0.717, 1.165) is 35.4 Å². The molecule has 4 rings (SSSR count). The van der Waals surface area contributed by atoms with Crippen molar-refractivity contribution in [1.29, 1.82) is 5.26 Å². The molecule has 0 radical (unpaired) electrons. The van der Waals surface area contributed by atoms with Crippen molar-refractivity contribution in [2.75, 3.05) is 13.2 Å². The van der Waals surface area contributed by atoms with Crippen LogP contribution in [0.4, 0.5) is 0 Å². The Morgan fingerprint density at radius 3 is 2.49 bits per heavy atom. The van der Waals surface area contributed by atoms with Crippen molar-refractivity contribution < 1.29 is 29.2 Å². The number of hydrogen-bond donors (Lipinski definition) is 2. The molecule has 1 aliphatic rings. The van der Waals surface area contributed by atoms with Gasteiger partial charge in [-0.15, -0.1) is 11.3 Å². The number of benzene rings is 2. The summed E-state index contributed by atoms with van der Waals surface area (Å²) in [5, 5.41) is 31.1. The average molecular weight is 543 g/mol. The third-order valence-electron chi connectivity index (χ3n) is 6.05. The molecule has 0 saturated heterocycles. The monoisotopic (exact) mass is 542 g/mol. The summed E-state index contributed by atoms with van der Waals surface area (Å²) >= 11 is 2.69. The van der Waals surface area contributed by atoms with Crippen LogP contribution in [0.1, 0.15) is 71.5 Å². The zero-order chi connectivity index (χ0) is 26.4. The number of aromatic carboxylic acids is 1. The number of aromatic nitrogens is 1. The van der Waals surface area contributed by atoms with Crippen molar-refractivity contribution in [1.82, 2.24) is 4.98 Å². The highest BCUT2D eigenvalue weighted by Gasteiger charge is 2.27. The third-order valence-corrected chi connectivity index (χ3v) is 8.20. The number of carboxylic acid groups (broad SMARTS) is 1. The van der Waals surface area contributed by atoms with Crippen molar-refractivity contribution in [2.24, 2.45) is 0 Å². The Morgan fingerprint density at radius 2 is 1.89 bits per heavy atom. The second kappa shape index (κ2) is 12.6. The zero-order valence-electron chi connectivity index (χ0n) is 20.8. The normalized spacial score (nSPS) is 15.4. The van der Waals surface area contributed by atoms with Crippen LogP contribution in [0.2, 0.25) is 0 Å². The number of ether oxygens (including phenoxy) is 3. The summed E-state index contributed by atoms with van der Waals surface area (Å²) in [5.41, 5.74) is 0.107. The lowest BCUT2D eigenvalue weighted by molar-refractivity contribution is 0.0387. The molecule has 2 aromatic carbocycles. The number of aliphatic hydroxyl groups is 1. The first kappa shape index (κ1) is 27.2. The standard InChI is InChI=1S/C27H30N2O6S2/c1-3-33-20-12-16(13-21(34-4-2)19(20)15-28)27(32)37-24(35-17-8-5-6-9-17)14-23-29-25-18(26(30)31)10-7-11-22(25)36-23/h7,10-13,17,24,27,32H,3-6,8-9,14H2,1-2H3,(H,30,31)/t24-,27+/m1/s1. The molecular weight excluding hydrogens is 512 g/mol. The number of thioether (sulfide) groups is 1. The summed E-state index contributed by atoms with van der Waals surface area (Å²) in [4.78, 5) is 16.2. The van der Waals surface area contributed by atoms with Crippen LogP contribution in [-0.2, 0) is 11.2 Å². The SMILES string of the molecule is CCOc1cc([C@@H](O)S[C@H](Cc2nc3c(C(=O)O)cccc3s2)OC2CCCC2)cc(OCC)c1C#N. The van der Waals surface area contributed by atoms with E-state index in [2.05, 4.69) is 11.1 Å². The van der Waals surface area contributed by atoms with E-state index < -0.39 is 16.8 Å². The molecule has 10 heteroatoms.